The maximum atomic E-state index is 10.9. The summed E-state index contributed by atoms with van der Waals surface area (Å²) in [6, 6.07) is 16.2. The summed E-state index contributed by atoms with van der Waals surface area (Å²) >= 11 is 0. The number of unbranched alkanes of at least 4 members (excludes halogenated alkanes) is 4. The number of hydrogen-bond donors (Lipinski definition) is 2. The highest BCUT2D eigenvalue weighted by Gasteiger charge is 2.05. The van der Waals surface area contributed by atoms with E-state index in [1.807, 2.05) is 12.1 Å². The van der Waals surface area contributed by atoms with Gasteiger partial charge in [0.05, 0.1) is 5.56 Å². The van der Waals surface area contributed by atoms with E-state index < -0.39 is 5.97 Å². The van der Waals surface area contributed by atoms with Gasteiger partial charge in [0.25, 0.3) is 0 Å². The summed E-state index contributed by atoms with van der Waals surface area (Å²) < 4.78 is 0. The molecule has 0 aliphatic heterocycles. The van der Waals surface area contributed by atoms with Crippen LogP contribution in [0.1, 0.15) is 93.5 Å². The van der Waals surface area contributed by atoms with Crippen molar-refractivity contribution < 1.29 is 9.90 Å². The van der Waals surface area contributed by atoms with Crippen LogP contribution in [0.3, 0.4) is 0 Å². The van der Waals surface area contributed by atoms with Gasteiger partial charge in [-0.25, -0.2) is 4.79 Å². The van der Waals surface area contributed by atoms with Crippen molar-refractivity contribution in [2.24, 2.45) is 5.73 Å². The summed E-state index contributed by atoms with van der Waals surface area (Å²) in [6.07, 6.45) is 15.7. The lowest BCUT2D eigenvalue weighted by atomic mass is 10.00. The predicted octanol–water partition coefficient (Wildman–Crippen LogP) is 7.23. The lowest BCUT2D eigenvalue weighted by Gasteiger charge is -2.05. The quantitative estimate of drug-likeness (QED) is 0.357. The minimum Gasteiger partial charge on any atom is -0.478 e. The summed E-state index contributed by atoms with van der Waals surface area (Å²) in [5.41, 5.74) is 9.62. The monoisotopic (exact) mass is 409 g/mol. The van der Waals surface area contributed by atoms with Crippen LogP contribution >= 0.6 is 0 Å². The SMILES string of the molecule is CCCCCCCc1ccc(-c2ccc(C(=O)O)cc2)cc1.NC1CCCCCC1. The van der Waals surface area contributed by atoms with Crippen molar-refractivity contribution in [3.05, 3.63) is 59.7 Å². The van der Waals surface area contributed by atoms with Crippen LogP contribution in [0.2, 0.25) is 0 Å². The molecule has 0 radical (unpaired) electrons. The van der Waals surface area contributed by atoms with Gasteiger partial charge in [0.2, 0.25) is 0 Å². The second-order valence-electron chi connectivity index (χ2n) is 8.50. The summed E-state index contributed by atoms with van der Waals surface area (Å²) in [7, 11) is 0. The zero-order valence-electron chi connectivity index (χ0n) is 18.6. The average molecular weight is 410 g/mol. The van der Waals surface area contributed by atoms with Crippen molar-refractivity contribution in [2.75, 3.05) is 0 Å². The van der Waals surface area contributed by atoms with Gasteiger partial charge in [-0.15, -0.1) is 0 Å². The van der Waals surface area contributed by atoms with Gasteiger partial charge in [0.1, 0.15) is 0 Å². The molecule has 1 saturated carbocycles. The Balaban J connectivity index is 0.000000335. The Morgan fingerprint density at radius 1 is 0.833 bits per heavy atom. The second-order valence-corrected chi connectivity index (χ2v) is 8.50. The van der Waals surface area contributed by atoms with Gasteiger partial charge in [-0.3, -0.25) is 0 Å². The molecule has 0 bridgehead atoms. The topological polar surface area (TPSA) is 63.3 Å². The Morgan fingerprint density at radius 3 is 1.90 bits per heavy atom. The molecule has 2 aromatic rings. The third kappa shape index (κ3) is 9.13. The Labute approximate surface area is 182 Å². The number of carboxylic acid groups (broad SMARTS) is 1. The molecule has 0 saturated heterocycles. The molecule has 0 amide bonds. The summed E-state index contributed by atoms with van der Waals surface area (Å²) in [5, 5.41) is 8.92. The molecular formula is C27H39NO2. The van der Waals surface area contributed by atoms with E-state index in [2.05, 4.69) is 31.2 Å². The maximum Gasteiger partial charge on any atom is 0.335 e. The van der Waals surface area contributed by atoms with E-state index in [9.17, 15) is 4.79 Å². The number of benzene rings is 2. The highest BCUT2D eigenvalue weighted by Crippen LogP contribution is 2.21. The minimum atomic E-state index is -0.884. The third-order valence-electron chi connectivity index (χ3n) is 5.89. The molecule has 0 atom stereocenters. The standard InChI is InChI=1S/C20H24O2.C7H15N/c1-2-3-4-5-6-7-16-8-10-17(11-9-16)18-12-14-19(15-13-18)20(21)22;8-7-5-3-1-2-4-6-7/h8-15H,2-7H2,1H3,(H,21,22);7H,1-6,8H2. The molecule has 1 aliphatic carbocycles. The second kappa shape index (κ2) is 14.0. The van der Waals surface area contributed by atoms with E-state index >= 15 is 0 Å². The first kappa shape index (κ1) is 24.1. The van der Waals surface area contributed by atoms with E-state index in [0.717, 1.165) is 17.5 Å². The molecule has 30 heavy (non-hydrogen) atoms. The molecule has 1 fully saturated rings. The molecular weight excluding hydrogens is 370 g/mol. The molecule has 0 spiro atoms. The van der Waals surface area contributed by atoms with Crippen LogP contribution in [0.25, 0.3) is 11.1 Å². The first-order valence-electron chi connectivity index (χ1n) is 11.8. The number of carbonyl (C=O) groups is 1. The van der Waals surface area contributed by atoms with Crippen molar-refractivity contribution in [2.45, 2.75) is 90.0 Å². The molecule has 3 nitrogen and oxygen atoms in total. The van der Waals surface area contributed by atoms with Crippen LogP contribution in [-0.4, -0.2) is 17.1 Å². The molecule has 0 heterocycles. The third-order valence-corrected chi connectivity index (χ3v) is 5.89. The molecule has 3 heteroatoms. The van der Waals surface area contributed by atoms with Gasteiger partial charge in [-0.05, 0) is 54.5 Å². The van der Waals surface area contributed by atoms with Crippen LogP contribution in [0, 0.1) is 0 Å². The fourth-order valence-corrected chi connectivity index (χ4v) is 3.91. The molecule has 164 valence electrons. The summed E-state index contributed by atoms with van der Waals surface area (Å²) in [5.74, 6) is -0.884. The van der Waals surface area contributed by atoms with Crippen LogP contribution in [0.5, 0.6) is 0 Å². The number of nitrogens with two attached hydrogens (primary N) is 1. The van der Waals surface area contributed by atoms with E-state index in [1.54, 1.807) is 12.1 Å². The Kier molecular flexibility index (Phi) is 11.2. The Bertz CT molecular complexity index is 714. The van der Waals surface area contributed by atoms with Crippen LogP contribution in [-0.2, 0) is 6.42 Å². The van der Waals surface area contributed by atoms with E-state index in [0.29, 0.717) is 11.6 Å². The van der Waals surface area contributed by atoms with E-state index in [-0.39, 0.29) is 0 Å². The molecule has 3 rings (SSSR count). The zero-order chi connectivity index (χ0) is 21.6. The van der Waals surface area contributed by atoms with Crippen LogP contribution in [0.15, 0.2) is 48.5 Å². The molecule has 0 unspecified atom stereocenters. The Hall–Kier alpha value is -2.13. The number of hydrogen-bond acceptors (Lipinski definition) is 2. The maximum absolute atomic E-state index is 10.9. The lowest BCUT2D eigenvalue weighted by molar-refractivity contribution is 0.0697. The predicted molar refractivity (Wildman–Crippen MR) is 127 cm³/mol. The molecule has 0 aromatic heterocycles. The number of rotatable bonds is 8. The number of aromatic carboxylic acids is 1. The fourth-order valence-electron chi connectivity index (χ4n) is 3.91. The van der Waals surface area contributed by atoms with Gasteiger partial charge in [-0.1, -0.05) is 94.7 Å². The van der Waals surface area contributed by atoms with E-state index in [1.165, 1.54) is 76.2 Å². The van der Waals surface area contributed by atoms with Gasteiger partial charge >= 0.3 is 5.97 Å². The molecule has 1 aliphatic rings. The van der Waals surface area contributed by atoms with Gasteiger partial charge in [-0.2, -0.15) is 0 Å². The van der Waals surface area contributed by atoms with Gasteiger partial charge in [0, 0.05) is 6.04 Å². The van der Waals surface area contributed by atoms with Crippen molar-refractivity contribution in [1.82, 2.24) is 0 Å². The summed E-state index contributed by atoms with van der Waals surface area (Å²) in [4.78, 5) is 10.9. The van der Waals surface area contributed by atoms with Crippen molar-refractivity contribution >= 4 is 5.97 Å². The Morgan fingerprint density at radius 2 is 1.37 bits per heavy atom. The van der Waals surface area contributed by atoms with Gasteiger partial charge in [0.15, 0.2) is 0 Å². The van der Waals surface area contributed by atoms with Gasteiger partial charge < -0.3 is 10.8 Å². The largest absolute Gasteiger partial charge is 0.478 e. The fraction of sp³-hybridized carbons (Fsp3) is 0.519. The van der Waals surface area contributed by atoms with Crippen LogP contribution in [0.4, 0.5) is 0 Å². The van der Waals surface area contributed by atoms with Crippen molar-refractivity contribution in [1.29, 1.82) is 0 Å². The first-order valence-corrected chi connectivity index (χ1v) is 11.8. The normalized spacial score (nSPS) is 14.5. The highest BCUT2D eigenvalue weighted by molar-refractivity contribution is 5.88. The average Bonchev–Trinajstić information content (AvgIpc) is 3.02. The highest BCUT2D eigenvalue weighted by atomic mass is 16.4. The number of aryl methyl sites for hydroxylation is 1. The number of carboxylic acids is 1. The lowest BCUT2D eigenvalue weighted by Crippen LogP contribution is -2.17. The molecule has 2 aromatic carbocycles. The van der Waals surface area contributed by atoms with Crippen molar-refractivity contribution in [3.8, 4) is 11.1 Å². The minimum absolute atomic E-state index is 0.326. The molecule has 3 N–H and O–H groups in total. The summed E-state index contributed by atoms with van der Waals surface area (Å²) in [6.45, 7) is 2.24. The smallest absolute Gasteiger partial charge is 0.335 e. The van der Waals surface area contributed by atoms with E-state index in [4.69, 9.17) is 10.8 Å². The van der Waals surface area contributed by atoms with Crippen molar-refractivity contribution in [3.63, 3.8) is 0 Å². The first-order chi connectivity index (χ1) is 14.6. The zero-order valence-corrected chi connectivity index (χ0v) is 18.6. The van der Waals surface area contributed by atoms with Crippen LogP contribution < -0.4 is 5.73 Å².